The van der Waals surface area contributed by atoms with Gasteiger partial charge in [0.25, 0.3) is 0 Å². The van der Waals surface area contributed by atoms with Crippen LogP contribution in [0.25, 0.3) is 0 Å². The molecule has 0 aromatic carbocycles. The van der Waals surface area contributed by atoms with Crippen molar-refractivity contribution in [3.63, 3.8) is 0 Å². The molecule has 1 aliphatic heterocycles. The molecule has 20 heavy (non-hydrogen) atoms. The summed E-state index contributed by atoms with van der Waals surface area (Å²) in [6.07, 6.45) is 2.48. The fourth-order valence-electron chi connectivity index (χ4n) is 2.06. The van der Waals surface area contributed by atoms with Crippen LogP contribution in [0.15, 0.2) is 11.8 Å². The molecule has 0 radical (unpaired) electrons. The van der Waals surface area contributed by atoms with Crippen molar-refractivity contribution in [2.24, 2.45) is 5.92 Å². The molecule has 1 heterocycles. The second-order valence-corrected chi connectivity index (χ2v) is 13.4. The highest BCUT2D eigenvalue weighted by atomic mass is 28.3. The molecule has 3 nitrogen and oxygen atoms in total. The van der Waals surface area contributed by atoms with E-state index in [1.165, 1.54) is 6.08 Å². The van der Waals surface area contributed by atoms with Crippen LogP contribution < -0.4 is 0 Å². The van der Waals surface area contributed by atoms with Gasteiger partial charge in [-0.3, -0.25) is 4.79 Å². The highest BCUT2D eigenvalue weighted by molar-refractivity contribution is 6.82. The lowest BCUT2D eigenvalue weighted by atomic mass is 10.1. The van der Waals surface area contributed by atoms with E-state index in [0.29, 0.717) is 12.3 Å². The lowest BCUT2D eigenvalue weighted by Crippen LogP contribution is -2.44. The van der Waals surface area contributed by atoms with Crippen LogP contribution in [0.4, 0.5) is 0 Å². The van der Waals surface area contributed by atoms with E-state index in [-0.39, 0.29) is 28.4 Å². The van der Waals surface area contributed by atoms with Crippen molar-refractivity contribution < 1.29 is 14.6 Å². The molecular formula is C16H30O3Si. The summed E-state index contributed by atoms with van der Waals surface area (Å²) in [6.45, 7) is 15.4. The average Bonchev–Trinajstić information content (AvgIpc) is 3.04. The Balaban J connectivity index is 2.60. The molecule has 116 valence electrons. The predicted molar refractivity (Wildman–Crippen MR) is 85.6 cm³/mol. The van der Waals surface area contributed by atoms with Gasteiger partial charge in [-0.05, 0) is 17.4 Å². The van der Waals surface area contributed by atoms with Crippen molar-refractivity contribution in [3.8, 4) is 0 Å². The lowest BCUT2D eigenvalue weighted by Gasteiger charge is -2.35. The van der Waals surface area contributed by atoms with Crippen LogP contribution in [-0.4, -0.2) is 30.8 Å². The van der Waals surface area contributed by atoms with Gasteiger partial charge in [-0.15, -0.1) is 0 Å². The highest BCUT2D eigenvalue weighted by Gasteiger charge is 2.57. The first-order valence-electron chi connectivity index (χ1n) is 7.55. The molecule has 0 bridgehead atoms. The molecule has 1 N–H and O–H groups in total. The summed E-state index contributed by atoms with van der Waals surface area (Å²) in [5.41, 5.74) is 0.122. The van der Waals surface area contributed by atoms with Gasteiger partial charge in [0.15, 0.2) is 5.78 Å². The average molecular weight is 298 g/mol. The number of aliphatic hydroxyl groups excluding tert-OH is 1. The van der Waals surface area contributed by atoms with Gasteiger partial charge in [-0.1, -0.05) is 47.7 Å². The van der Waals surface area contributed by atoms with Crippen LogP contribution in [0.1, 0.15) is 47.5 Å². The number of allylic oxidation sites excluding steroid dienone is 1. The maximum Gasteiger partial charge on any atom is 0.159 e. The molecule has 0 spiro atoms. The van der Waals surface area contributed by atoms with Gasteiger partial charge in [0, 0.05) is 12.5 Å². The lowest BCUT2D eigenvalue weighted by molar-refractivity contribution is -0.115. The quantitative estimate of drug-likeness (QED) is 0.345. The fraction of sp³-hybridized carbons (Fsp3) is 0.812. The van der Waals surface area contributed by atoms with E-state index in [4.69, 9.17) is 4.74 Å². The number of hydrogen-bond acceptors (Lipinski definition) is 3. The minimum absolute atomic E-state index is 0.000631. The molecule has 0 amide bonds. The molecule has 4 heteroatoms. The molecule has 2 atom stereocenters. The Bertz CT molecular complexity index is 391. The van der Waals surface area contributed by atoms with Crippen LogP contribution >= 0.6 is 0 Å². The summed E-state index contributed by atoms with van der Waals surface area (Å²) in [5.74, 6) is 0.626. The SMILES string of the molecule is CC(C)CCC(=O)/C=C(\O)[C@H]1O[C@H]1[Si](C)(C)C(C)(C)C. The van der Waals surface area contributed by atoms with Gasteiger partial charge in [0.1, 0.15) is 11.9 Å². The highest BCUT2D eigenvalue weighted by Crippen LogP contribution is 2.47. The third kappa shape index (κ3) is 4.19. The second-order valence-electron chi connectivity index (χ2n) is 7.92. The zero-order valence-corrected chi connectivity index (χ0v) is 15.0. The number of aliphatic hydroxyl groups is 1. The van der Waals surface area contributed by atoms with Gasteiger partial charge in [0.05, 0.1) is 13.8 Å². The molecule has 1 fully saturated rings. The van der Waals surface area contributed by atoms with Gasteiger partial charge in [0.2, 0.25) is 0 Å². The fourth-order valence-corrected chi connectivity index (χ4v) is 4.33. The third-order valence-corrected chi connectivity index (χ3v) is 10.4. The number of hydrogen-bond donors (Lipinski definition) is 1. The summed E-state index contributed by atoms with van der Waals surface area (Å²) in [6, 6.07) is 0. The molecule has 0 aromatic rings. The van der Waals surface area contributed by atoms with Gasteiger partial charge in [-0.2, -0.15) is 0 Å². The van der Waals surface area contributed by atoms with Crippen LogP contribution in [0.5, 0.6) is 0 Å². The van der Waals surface area contributed by atoms with E-state index < -0.39 is 8.07 Å². The minimum atomic E-state index is -1.62. The van der Waals surface area contributed by atoms with Gasteiger partial charge in [-0.25, -0.2) is 0 Å². The monoisotopic (exact) mass is 298 g/mol. The Morgan fingerprint density at radius 1 is 1.35 bits per heavy atom. The van der Waals surface area contributed by atoms with E-state index in [9.17, 15) is 9.90 Å². The zero-order valence-electron chi connectivity index (χ0n) is 14.0. The number of ether oxygens (including phenoxy) is 1. The minimum Gasteiger partial charge on any atom is -0.509 e. The largest absolute Gasteiger partial charge is 0.509 e. The maximum absolute atomic E-state index is 11.8. The van der Waals surface area contributed by atoms with Crippen LogP contribution in [0.2, 0.25) is 18.1 Å². The Kier molecular flexibility index (Phi) is 5.25. The second kappa shape index (κ2) is 6.02. The van der Waals surface area contributed by atoms with Gasteiger partial charge < -0.3 is 9.84 Å². The predicted octanol–water partition coefficient (Wildman–Crippen LogP) is 4.25. The number of epoxide rings is 1. The Morgan fingerprint density at radius 2 is 1.90 bits per heavy atom. The third-order valence-electron chi connectivity index (χ3n) is 4.70. The van der Waals surface area contributed by atoms with Crippen molar-refractivity contribution in [2.45, 2.75) is 77.4 Å². The summed E-state index contributed by atoms with van der Waals surface area (Å²) < 4.78 is 5.69. The van der Waals surface area contributed by atoms with E-state index in [2.05, 4.69) is 47.7 Å². The Labute approximate surface area is 124 Å². The first kappa shape index (κ1) is 17.4. The van der Waals surface area contributed by atoms with Crippen molar-refractivity contribution in [1.82, 2.24) is 0 Å². The molecule has 1 rings (SSSR count). The standard InChI is InChI=1S/C16H30O3Si/c1-11(2)8-9-12(17)10-13(18)14-15(19-14)20(6,7)16(3,4)5/h10-11,14-15,18H,8-9H2,1-7H3/b13-10-/t14-,15+/m1/s1. The molecule has 1 aliphatic rings. The van der Waals surface area contributed by atoms with E-state index in [0.717, 1.165) is 6.42 Å². The van der Waals surface area contributed by atoms with Crippen molar-refractivity contribution in [2.75, 3.05) is 0 Å². The molecule has 1 saturated heterocycles. The molecule has 0 aromatic heterocycles. The van der Waals surface area contributed by atoms with Crippen LogP contribution in [0.3, 0.4) is 0 Å². The summed E-state index contributed by atoms with van der Waals surface area (Å²) in [7, 11) is -1.62. The molecule has 0 unspecified atom stereocenters. The van der Waals surface area contributed by atoms with E-state index in [1.807, 2.05) is 0 Å². The topological polar surface area (TPSA) is 49.8 Å². The molecule has 0 aliphatic carbocycles. The first-order chi connectivity index (χ1) is 8.96. The van der Waals surface area contributed by atoms with Crippen molar-refractivity contribution in [1.29, 1.82) is 0 Å². The van der Waals surface area contributed by atoms with E-state index in [1.54, 1.807) is 0 Å². The number of rotatable bonds is 6. The van der Waals surface area contributed by atoms with Crippen molar-refractivity contribution in [3.05, 3.63) is 11.8 Å². The molecule has 0 saturated carbocycles. The van der Waals surface area contributed by atoms with Crippen LogP contribution in [0, 0.1) is 5.92 Å². The normalized spacial score (nSPS) is 24.1. The first-order valence-corrected chi connectivity index (χ1v) is 10.6. The van der Waals surface area contributed by atoms with Crippen LogP contribution in [-0.2, 0) is 9.53 Å². The Hall–Kier alpha value is -0.613. The summed E-state index contributed by atoms with van der Waals surface area (Å²) in [5, 5.41) is 10.3. The summed E-state index contributed by atoms with van der Waals surface area (Å²) in [4.78, 5) is 11.8. The van der Waals surface area contributed by atoms with Crippen molar-refractivity contribution >= 4 is 13.9 Å². The molecular weight excluding hydrogens is 268 g/mol. The van der Waals surface area contributed by atoms with Gasteiger partial charge >= 0.3 is 0 Å². The van der Waals surface area contributed by atoms with E-state index >= 15 is 0 Å². The Morgan fingerprint density at radius 3 is 2.35 bits per heavy atom. The smallest absolute Gasteiger partial charge is 0.159 e. The number of carbonyl (C=O) groups excluding carboxylic acids is 1. The summed E-state index contributed by atoms with van der Waals surface area (Å²) >= 11 is 0. The number of carbonyl (C=O) groups is 1. The maximum atomic E-state index is 11.8. The zero-order chi connectivity index (χ0) is 15.7. The number of ketones is 1.